The van der Waals surface area contributed by atoms with Crippen LogP contribution >= 0.6 is 0 Å². The molecular formula is C9H16N2O. The predicted octanol–water partition coefficient (Wildman–Crippen LogP) is 1.68. The zero-order valence-corrected chi connectivity index (χ0v) is 7.79. The predicted molar refractivity (Wildman–Crippen MR) is 49.1 cm³/mol. The van der Waals surface area contributed by atoms with Gasteiger partial charge in [0.15, 0.2) is 0 Å². The van der Waals surface area contributed by atoms with Gasteiger partial charge in [-0.25, -0.2) is 0 Å². The van der Waals surface area contributed by atoms with E-state index < -0.39 is 0 Å². The Labute approximate surface area is 72.9 Å². The Morgan fingerprint density at radius 3 is 2.58 bits per heavy atom. The summed E-state index contributed by atoms with van der Waals surface area (Å²) >= 11 is 0. The van der Waals surface area contributed by atoms with Crippen molar-refractivity contribution in [2.45, 2.75) is 19.9 Å². The standard InChI is InChI=1S/C9H16N2O/c1-6(2)9(10)8-4-7(12-3)5-11-8/h4-6,9,11H,10H2,1-3H3/t9-/m1/s1. The Morgan fingerprint density at radius 1 is 1.50 bits per heavy atom. The Hall–Kier alpha value is -0.960. The van der Waals surface area contributed by atoms with Crippen LogP contribution in [0.25, 0.3) is 0 Å². The molecule has 68 valence electrons. The summed E-state index contributed by atoms with van der Waals surface area (Å²) < 4.78 is 5.04. The lowest BCUT2D eigenvalue weighted by Crippen LogP contribution is -2.16. The van der Waals surface area contributed by atoms with Crippen LogP contribution in [0.4, 0.5) is 0 Å². The van der Waals surface area contributed by atoms with E-state index in [1.54, 1.807) is 7.11 Å². The molecule has 1 aromatic heterocycles. The van der Waals surface area contributed by atoms with E-state index in [-0.39, 0.29) is 6.04 Å². The first-order chi connectivity index (χ1) is 5.65. The molecule has 0 amide bonds. The Kier molecular flexibility index (Phi) is 2.76. The van der Waals surface area contributed by atoms with Gasteiger partial charge in [-0.1, -0.05) is 13.8 Å². The molecule has 0 aliphatic rings. The van der Waals surface area contributed by atoms with Gasteiger partial charge in [-0.3, -0.25) is 0 Å². The second-order valence-electron chi connectivity index (χ2n) is 3.26. The lowest BCUT2D eigenvalue weighted by molar-refractivity contribution is 0.415. The molecule has 3 N–H and O–H groups in total. The van der Waals surface area contributed by atoms with Gasteiger partial charge in [0.05, 0.1) is 7.11 Å². The van der Waals surface area contributed by atoms with E-state index in [1.807, 2.05) is 12.3 Å². The van der Waals surface area contributed by atoms with E-state index in [0.717, 1.165) is 11.4 Å². The third kappa shape index (κ3) is 1.80. The molecular weight excluding hydrogens is 152 g/mol. The van der Waals surface area contributed by atoms with Crippen molar-refractivity contribution in [1.29, 1.82) is 0 Å². The number of rotatable bonds is 3. The van der Waals surface area contributed by atoms with Crippen LogP contribution in [0.15, 0.2) is 12.3 Å². The van der Waals surface area contributed by atoms with Crippen molar-refractivity contribution < 1.29 is 4.74 Å². The minimum atomic E-state index is 0.0638. The molecule has 1 rings (SSSR count). The fraction of sp³-hybridized carbons (Fsp3) is 0.556. The van der Waals surface area contributed by atoms with Crippen molar-refractivity contribution in [3.05, 3.63) is 18.0 Å². The summed E-state index contributed by atoms with van der Waals surface area (Å²) in [5.74, 6) is 1.27. The largest absolute Gasteiger partial charge is 0.495 e. The number of nitrogens with two attached hydrogens (primary N) is 1. The van der Waals surface area contributed by atoms with Crippen LogP contribution in [0.3, 0.4) is 0 Å². The van der Waals surface area contributed by atoms with Gasteiger partial charge in [0.25, 0.3) is 0 Å². The number of H-pyrrole nitrogens is 1. The molecule has 1 heterocycles. The molecule has 0 bridgehead atoms. The highest BCUT2D eigenvalue weighted by Gasteiger charge is 2.12. The molecule has 0 aliphatic heterocycles. The van der Waals surface area contributed by atoms with Crippen molar-refractivity contribution in [2.75, 3.05) is 7.11 Å². The second kappa shape index (κ2) is 3.63. The summed E-state index contributed by atoms with van der Waals surface area (Å²) in [4.78, 5) is 3.09. The van der Waals surface area contributed by atoms with Crippen molar-refractivity contribution in [3.8, 4) is 5.75 Å². The van der Waals surface area contributed by atoms with Crippen LogP contribution in [-0.4, -0.2) is 12.1 Å². The van der Waals surface area contributed by atoms with Crippen molar-refractivity contribution in [2.24, 2.45) is 11.7 Å². The van der Waals surface area contributed by atoms with Crippen LogP contribution in [0, 0.1) is 5.92 Å². The smallest absolute Gasteiger partial charge is 0.136 e. The summed E-state index contributed by atoms with van der Waals surface area (Å²) in [7, 11) is 1.65. The van der Waals surface area contributed by atoms with Gasteiger partial charge in [-0.2, -0.15) is 0 Å². The van der Waals surface area contributed by atoms with Gasteiger partial charge in [-0.05, 0) is 5.92 Å². The number of aromatic amines is 1. The Morgan fingerprint density at radius 2 is 2.17 bits per heavy atom. The molecule has 1 aromatic rings. The lowest BCUT2D eigenvalue weighted by atomic mass is 10.0. The summed E-state index contributed by atoms with van der Waals surface area (Å²) in [5.41, 5.74) is 6.95. The van der Waals surface area contributed by atoms with Crippen LogP contribution in [0.5, 0.6) is 5.75 Å². The third-order valence-electron chi connectivity index (χ3n) is 1.99. The molecule has 0 unspecified atom stereocenters. The zero-order valence-electron chi connectivity index (χ0n) is 7.79. The summed E-state index contributed by atoms with van der Waals surface area (Å²) in [6.45, 7) is 4.19. The number of nitrogens with one attached hydrogen (secondary N) is 1. The monoisotopic (exact) mass is 168 g/mol. The molecule has 0 spiro atoms. The van der Waals surface area contributed by atoms with Gasteiger partial charge in [0.2, 0.25) is 0 Å². The summed E-state index contributed by atoms with van der Waals surface area (Å²) in [6, 6.07) is 2.00. The normalized spacial score (nSPS) is 13.4. The minimum Gasteiger partial charge on any atom is -0.495 e. The van der Waals surface area contributed by atoms with Crippen LogP contribution < -0.4 is 10.5 Å². The average molecular weight is 168 g/mol. The number of aromatic nitrogens is 1. The highest BCUT2D eigenvalue weighted by Crippen LogP contribution is 2.21. The maximum absolute atomic E-state index is 5.92. The first kappa shape index (κ1) is 9.13. The SMILES string of the molecule is COc1c[nH]c([C@H](N)C(C)C)c1. The Bertz CT molecular complexity index is 242. The molecule has 0 saturated carbocycles. The van der Waals surface area contributed by atoms with Gasteiger partial charge in [0, 0.05) is 24.0 Å². The zero-order chi connectivity index (χ0) is 9.14. The average Bonchev–Trinajstić information content (AvgIpc) is 2.50. The number of hydrogen-bond donors (Lipinski definition) is 2. The highest BCUT2D eigenvalue weighted by atomic mass is 16.5. The lowest BCUT2D eigenvalue weighted by Gasteiger charge is -2.12. The third-order valence-corrected chi connectivity index (χ3v) is 1.99. The number of methoxy groups -OCH3 is 1. The molecule has 1 atom stereocenters. The van der Waals surface area contributed by atoms with E-state index in [1.165, 1.54) is 0 Å². The molecule has 0 fully saturated rings. The first-order valence-electron chi connectivity index (χ1n) is 4.13. The molecule has 0 radical (unpaired) electrons. The van der Waals surface area contributed by atoms with E-state index >= 15 is 0 Å². The molecule has 3 nitrogen and oxygen atoms in total. The maximum atomic E-state index is 5.92. The summed E-state index contributed by atoms with van der Waals surface area (Å²) in [6.07, 6.45) is 1.82. The number of ether oxygens (including phenoxy) is 1. The molecule has 3 heteroatoms. The topological polar surface area (TPSA) is 51.0 Å². The van der Waals surface area contributed by atoms with Crippen LogP contribution in [0.2, 0.25) is 0 Å². The quantitative estimate of drug-likeness (QED) is 0.721. The molecule has 0 aliphatic carbocycles. The second-order valence-corrected chi connectivity index (χ2v) is 3.26. The van der Waals surface area contributed by atoms with Crippen molar-refractivity contribution >= 4 is 0 Å². The van der Waals surface area contributed by atoms with Crippen LogP contribution in [-0.2, 0) is 0 Å². The molecule has 12 heavy (non-hydrogen) atoms. The molecule has 0 aromatic carbocycles. The van der Waals surface area contributed by atoms with E-state index in [2.05, 4.69) is 18.8 Å². The number of hydrogen-bond acceptors (Lipinski definition) is 2. The van der Waals surface area contributed by atoms with E-state index in [9.17, 15) is 0 Å². The van der Waals surface area contributed by atoms with Gasteiger partial charge < -0.3 is 15.5 Å². The highest BCUT2D eigenvalue weighted by molar-refractivity contribution is 5.24. The van der Waals surface area contributed by atoms with Gasteiger partial charge in [-0.15, -0.1) is 0 Å². The fourth-order valence-electron chi connectivity index (χ4n) is 1.06. The summed E-state index contributed by atoms with van der Waals surface area (Å²) in [5, 5.41) is 0. The fourth-order valence-corrected chi connectivity index (χ4v) is 1.06. The van der Waals surface area contributed by atoms with Gasteiger partial charge in [0.1, 0.15) is 5.75 Å². The van der Waals surface area contributed by atoms with Crippen molar-refractivity contribution in [1.82, 2.24) is 4.98 Å². The van der Waals surface area contributed by atoms with Crippen LogP contribution in [0.1, 0.15) is 25.6 Å². The first-order valence-corrected chi connectivity index (χ1v) is 4.13. The molecule has 0 saturated heterocycles. The van der Waals surface area contributed by atoms with Crippen molar-refractivity contribution in [3.63, 3.8) is 0 Å². The minimum absolute atomic E-state index is 0.0638. The Balaban J connectivity index is 2.74. The van der Waals surface area contributed by atoms with E-state index in [4.69, 9.17) is 10.5 Å². The van der Waals surface area contributed by atoms with E-state index in [0.29, 0.717) is 5.92 Å². The van der Waals surface area contributed by atoms with Gasteiger partial charge >= 0.3 is 0 Å². The maximum Gasteiger partial charge on any atom is 0.136 e.